The standard InChI is InChI=1S/C15H17F2IN2O4S.C15H16F2N2O4S.C15H18F2N2O2S/c1-10-15(8-16,5-6-18)25(23,24)9-14(2,19-10)12-7-11(20(21)22)3-4-13(12)17;1-9-15(8-16)6-5-13(24(15,22)23)14(2,18-9)11-7-10(19(20)21)3-4-12(11)17;1-9-15(8-16)6-5-13(22(15,20)21)14(2,19-9)11-7-10(18)3-4-12(11)17/h3-4,7H,5-6,8-9H2,1-2H3;3-4,7,13H,5-6,8H2,1-2H3;3-4,7,13H,5-6,8,18H2,1-2H3/t14-,15+;2*13-,14-,15-/m011/s1. The Morgan fingerprint density at radius 3 is 1.45 bits per heavy atom. The highest BCUT2D eigenvalue weighted by atomic mass is 127. The van der Waals surface area contributed by atoms with Crippen molar-refractivity contribution in [2.24, 2.45) is 15.0 Å². The number of hydrogen-bond donors (Lipinski definition) is 1. The zero-order chi connectivity index (χ0) is 53.3. The van der Waals surface area contributed by atoms with Crippen LogP contribution in [0.5, 0.6) is 0 Å². The summed E-state index contributed by atoms with van der Waals surface area (Å²) in [5, 5.41) is 19.9. The monoisotopic (exact) mass is 1170 g/mol. The van der Waals surface area contributed by atoms with E-state index in [2.05, 4.69) is 15.0 Å². The molecule has 71 heavy (non-hydrogen) atoms. The van der Waals surface area contributed by atoms with Gasteiger partial charge < -0.3 is 5.73 Å². The van der Waals surface area contributed by atoms with Gasteiger partial charge in [0.1, 0.15) is 62.8 Å². The maximum Gasteiger partial charge on any atom is 0.270 e. The highest BCUT2D eigenvalue weighted by Crippen LogP contribution is 2.54. The number of aliphatic imine (C=N–C) groups is 3. The summed E-state index contributed by atoms with van der Waals surface area (Å²) in [6, 6.07) is 9.90. The van der Waals surface area contributed by atoms with Crippen molar-refractivity contribution < 1.29 is 61.4 Å². The molecular weight excluding hydrogens is 1120 g/mol. The fourth-order valence-electron chi connectivity index (χ4n) is 10.9. The summed E-state index contributed by atoms with van der Waals surface area (Å²) in [4.78, 5) is 33.7. The minimum atomic E-state index is -4.00. The molecule has 5 aliphatic rings. The molecule has 0 saturated carbocycles. The van der Waals surface area contributed by atoms with Crippen LogP contribution in [0.15, 0.2) is 69.6 Å². The molecule has 5 aliphatic heterocycles. The topological polar surface area (TPSA) is 252 Å². The van der Waals surface area contributed by atoms with E-state index in [1.165, 1.54) is 52.8 Å². The zero-order valence-corrected chi connectivity index (χ0v) is 43.8. The Labute approximate surface area is 420 Å². The fraction of sp³-hybridized carbons (Fsp3) is 0.533. The number of nitrogen functional groups attached to an aromatic ring is 1. The lowest BCUT2D eigenvalue weighted by Crippen LogP contribution is -2.56. The van der Waals surface area contributed by atoms with Crippen LogP contribution in [0.4, 0.5) is 43.4 Å². The lowest BCUT2D eigenvalue weighted by atomic mass is 9.86. The van der Waals surface area contributed by atoms with Crippen LogP contribution in [0, 0.1) is 37.7 Å². The van der Waals surface area contributed by atoms with Gasteiger partial charge in [0.2, 0.25) is 0 Å². The lowest BCUT2D eigenvalue weighted by Gasteiger charge is -2.40. The second-order valence-corrected chi connectivity index (χ2v) is 27.2. The smallest absolute Gasteiger partial charge is 0.270 e. The molecule has 26 heteroatoms. The number of nitrogens with two attached hydrogens (primary N) is 1. The molecular formula is C45H51F6IN6O10S3. The minimum Gasteiger partial charge on any atom is -0.399 e. The van der Waals surface area contributed by atoms with Crippen molar-refractivity contribution in [1.82, 2.24) is 0 Å². The number of fused-ring (bicyclic) bond motifs is 4. The molecule has 2 fully saturated rings. The Morgan fingerprint density at radius 2 is 1.06 bits per heavy atom. The van der Waals surface area contributed by atoms with Gasteiger partial charge in [-0.2, -0.15) is 0 Å². The molecule has 0 amide bonds. The second kappa shape index (κ2) is 19.0. The van der Waals surface area contributed by atoms with Gasteiger partial charge in [-0.15, -0.1) is 0 Å². The van der Waals surface area contributed by atoms with Crippen molar-refractivity contribution in [3.05, 3.63) is 109 Å². The molecule has 0 aromatic heterocycles. The molecule has 388 valence electrons. The number of rotatable bonds is 10. The number of non-ortho nitro benzene ring substituents is 2. The molecule has 5 heterocycles. The Morgan fingerprint density at radius 1 is 0.648 bits per heavy atom. The summed E-state index contributed by atoms with van der Waals surface area (Å²) in [6.07, 6.45) is 0.724. The van der Waals surface area contributed by atoms with Crippen LogP contribution >= 0.6 is 22.6 Å². The van der Waals surface area contributed by atoms with E-state index in [9.17, 15) is 71.8 Å². The van der Waals surface area contributed by atoms with E-state index in [0.717, 1.165) is 36.4 Å². The van der Waals surface area contributed by atoms with Crippen molar-refractivity contribution in [3.8, 4) is 0 Å². The SMILES string of the molecule is CC1=N[C@](C)(c2cc(N)ccc2F)[C@H]2CC[C@]1(CF)S2(=O)=O.CC1=N[C@](C)(c2cc([N+](=O)[O-])ccc2F)CS(=O)(=O)[C@@]1(CF)CCI.CC1=N[C@](C)(c2cc([N+](=O)[O-])ccc2F)[C@H]2CC[C@]1(CF)S2(=O)=O. The number of alkyl halides is 4. The first-order valence-corrected chi connectivity index (χ1v) is 28.2. The third-order valence-corrected chi connectivity index (χ3v) is 24.7. The third-order valence-electron chi connectivity index (χ3n) is 15.1. The first-order chi connectivity index (χ1) is 32.8. The van der Waals surface area contributed by atoms with Gasteiger partial charge in [-0.05, 0) is 104 Å². The van der Waals surface area contributed by atoms with Crippen molar-refractivity contribution in [3.63, 3.8) is 0 Å². The molecule has 2 saturated heterocycles. The van der Waals surface area contributed by atoms with Gasteiger partial charge >= 0.3 is 0 Å². The van der Waals surface area contributed by atoms with E-state index in [4.69, 9.17) is 5.73 Å². The number of anilines is 1. The fourth-order valence-corrected chi connectivity index (χ4v) is 20.0. The van der Waals surface area contributed by atoms with Crippen LogP contribution in [-0.2, 0) is 46.1 Å². The largest absolute Gasteiger partial charge is 0.399 e. The average molecular weight is 1170 g/mol. The van der Waals surface area contributed by atoms with Crippen LogP contribution in [0.3, 0.4) is 0 Å². The number of nitrogens with zero attached hydrogens (tertiary/aromatic N) is 5. The molecule has 2 N–H and O–H groups in total. The van der Waals surface area contributed by atoms with Gasteiger partial charge in [0.05, 0.1) is 31.6 Å². The summed E-state index contributed by atoms with van der Waals surface area (Å²) < 4.78 is 157. The summed E-state index contributed by atoms with van der Waals surface area (Å²) in [6.45, 7) is 5.59. The number of halogens is 7. The second-order valence-electron chi connectivity index (χ2n) is 19.0. The predicted octanol–water partition coefficient (Wildman–Crippen LogP) is 8.46. The van der Waals surface area contributed by atoms with Gasteiger partial charge in [0.15, 0.2) is 29.5 Å². The predicted molar refractivity (Wildman–Crippen MR) is 266 cm³/mol. The Bertz CT molecular complexity index is 3150. The van der Waals surface area contributed by atoms with E-state index in [1.54, 1.807) is 6.92 Å². The van der Waals surface area contributed by atoms with E-state index in [-0.39, 0.29) is 77.3 Å². The van der Waals surface area contributed by atoms with Crippen LogP contribution in [0.2, 0.25) is 0 Å². The average Bonchev–Trinajstić information content (AvgIpc) is 3.63. The number of nitro benzene ring substituents is 2. The van der Waals surface area contributed by atoms with E-state index in [1.807, 2.05) is 22.6 Å². The number of benzene rings is 3. The Balaban J connectivity index is 0.000000175. The van der Waals surface area contributed by atoms with Gasteiger partial charge in [-0.3, -0.25) is 35.2 Å². The molecule has 8 atom stereocenters. The Hall–Kier alpha value is -4.57. The number of nitro groups is 2. The molecule has 0 aliphatic carbocycles. The highest BCUT2D eigenvalue weighted by Gasteiger charge is 2.66. The van der Waals surface area contributed by atoms with Gasteiger partial charge in [0.25, 0.3) is 11.4 Å². The van der Waals surface area contributed by atoms with Crippen LogP contribution < -0.4 is 5.73 Å². The first-order valence-electron chi connectivity index (χ1n) is 21.9. The van der Waals surface area contributed by atoms with Crippen LogP contribution in [0.25, 0.3) is 0 Å². The number of hydrogen-bond acceptors (Lipinski definition) is 14. The van der Waals surface area contributed by atoms with Crippen molar-refractivity contribution >= 4 is 86.3 Å². The van der Waals surface area contributed by atoms with Gasteiger partial charge in [-0.1, -0.05) is 22.6 Å². The minimum absolute atomic E-state index is 0.0614. The lowest BCUT2D eigenvalue weighted by molar-refractivity contribution is -0.385. The Kier molecular flexibility index (Phi) is 14.9. The molecule has 16 nitrogen and oxygen atoms in total. The molecule has 0 unspecified atom stereocenters. The summed E-state index contributed by atoms with van der Waals surface area (Å²) >= 11 is 1.97. The molecule has 0 radical (unpaired) electrons. The normalized spacial score (nSPS) is 32.7. The summed E-state index contributed by atoms with van der Waals surface area (Å²) in [5.41, 5.74) is 1.16. The quantitative estimate of drug-likeness (QED) is 0.0503. The summed E-state index contributed by atoms with van der Waals surface area (Å²) in [5.74, 6) is -2.73. The highest BCUT2D eigenvalue weighted by molar-refractivity contribution is 14.1. The van der Waals surface area contributed by atoms with E-state index < -0.39 is 124 Å². The van der Waals surface area contributed by atoms with Gasteiger partial charge in [-0.25, -0.2) is 51.6 Å². The van der Waals surface area contributed by atoms with E-state index >= 15 is 0 Å². The van der Waals surface area contributed by atoms with Crippen molar-refractivity contribution in [2.45, 2.75) is 115 Å². The van der Waals surface area contributed by atoms with Crippen molar-refractivity contribution in [2.75, 3.05) is 35.9 Å². The first kappa shape index (κ1) is 55.7. The van der Waals surface area contributed by atoms with Gasteiger partial charge in [0, 0.05) is 68.2 Å². The zero-order valence-electron chi connectivity index (χ0n) is 39.2. The number of sulfone groups is 3. The maximum atomic E-state index is 14.4. The van der Waals surface area contributed by atoms with E-state index in [0.29, 0.717) is 10.1 Å². The summed E-state index contributed by atoms with van der Waals surface area (Å²) in [7, 11) is -11.7. The molecule has 0 spiro atoms. The third kappa shape index (κ3) is 8.55. The van der Waals surface area contributed by atoms with Crippen LogP contribution in [0.1, 0.15) is 90.3 Å². The molecule has 3 aromatic carbocycles. The molecule has 8 rings (SSSR count). The molecule has 4 bridgehead atoms. The van der Waals surface area contributed by atoms with Crippen molar-refractivity contribution in [1.29, 1.82) is 0 Å². The molecule has 3 aromatic rings. The maximum absolute atomic E-state index is 14.4. The van der Waals surface area contributed by atoms with Crippen LogP contribution in [-0.4, -0.2) is 107 Å².